The number of ether oxygens (including phenoxy) is 2. The standard InChI is InChI=1S/C20H20N2O4/c1-25-16-8-7-11(9-17(16)26-2)18-19-13(10-15(22-18)20(23)24)12-5-3-4-6-14(12)21-19/h3-9,15,18,21-22H,10H2,1-2H3,(H,23,24)/t15-,18+/m1/s1. The van der Waals surface area contributed by atoms with Crippen molar-refractivity contribution in [3.63, 3.8) is 0 Å². The molecule has 6 heteroatoms. The second-order valence-electron chi connectivity index (χ2n) is 6.48. The number of H-pyrrole nitrogens is 1. The maximum absolute atomic E-state index is 11.6. The van der Waals surface area contributed by atoms with Gasteiger partial charge in [-0.05, 0) is 29.8 Å². The number of para-hydroxylation sites is 1. The number of nitrogens with one attached hydrogen (secondary N) is 1. The Bertz CT molecular complexity index is 979. The number of carboxylic acids is 1. The van der Waals surface area contributed by atoms with E-state index < -0.39 is 12.0 Å². The van der Waals surface area contributed by atoms with Gasteiger partial charge in [-0.2, -0.15) is 0 Å². The van der Waals surface area contributed by atoms with Crippen LogP contribution in [0.3, 0.4) is 0 Å². The number of benzene rings is 2. The second kappa shape index (κ2) is 6.38. The highest BCUT2D eigenvalue weighted by molar-refractivity contribution is 5.86. The Kier molecular flexibility index (Phi) is 4.05. The van der Waals surface area contributed by atoms with Gasteiger partial charge in [0.2, 0.25) is 0 Å². The predicted octanol–water partition coefficient (Wildman–Crippen LogP) is 0.513. The lowest BCUT2D eigenvalue weighted by Gasteiger charge is -2.29. The number of aromatic amines is 1. The molecule has 2 aromatic carbocycles. The summed E-state index contributed by atoms with van der Waals surface area (Å²) in [6.45, 7) is 0. The summed E-state index contributed by atoms with van der Waals surface area (Å²) in [6, 6.07) is 12.8. The van der Waals surface area contributed by atoms with Crippen LogP contribution < -0.4 is 19.9 Å². The molecule has 0 saturated carbocycles. The van der Waals surface area contributed by atoms with Crippen molar-refractivity contribution in [3.8, 4) is 11.5 Å². The minimum absolute atomic E-state index is 0.186. The molecule has 2 heterocycles. The van der Waals surface area contributed by atoms with Crippen molar-refractivity contribution in [2.45, 2.75) is 18.5 Å². The van der Waals surface area contributed by atoms with Crippen LogP contribution in [0.4, 0.5) is 0 Å². The molecule has 0 bridgehead atoms. The van der Waals surface area contributed by atoms with Gasteiger partial charge >= 0.3 is 0 Å². The molecule has 134 valence electrons. The van der Waals surface area contributed by atoms with Gasteiger partial charge in [0.05, 0.1) is 25.9 Å². The Morgan fingerprint density at radius 1 is 1.15 bits per heavy atom. The number of hydrogen-bond acceptors (Lipinski definition) is 4. The van der Waals surface area contributed by atoms with Crippen molar-refractivity contribution >= 4 is 16.9 Å². The van der Waals surface area contributed by atoms with E-state index >= 15 is 0 Å². The second-order valence-corrected chi connectivity index (χ2v) is 6.48. The molecule has 1 aromatic heterocycles. The lowest BCUT2D eigenvalue weighted by Crippen LogP contribution is -2.95. The summed E-state index contributed by atoms with van der Waals surface area (Å²) in [5.41, 5.74) is 4.02. The van der Waals surface area contributed by atoms with E-state index in [1.165, 1.54) is 0 Å². The Morgan fingerprint density at radius 2 is 1.92 bits per heavy atom. The summed E-state index contributed by atoms with van der Waals surface area (Å²) in [5, 5.41) is 14.5. The minimum Gasteiger partial charge on any atom is -0.544 e. The van der Waals surface area contributed by atoms with Gasteiger partial charge in [0.15, 0.2) is 17.5 Å². The van der Waals surface area contributed by atoms with Crippen LogP contribution in [0.1, 0.15) is 22.9 Å². The first-order chi connectivity index (χ1) is 12.6. The van der Waals surface area contributed by atoms with Crippen LogP contribution in [-0.4, -0.2) is 31.2 Å². The summed E-state index contributed by atoms with van der Waals surface area (Å²) in [7, 11) is 3.18. The maximum atomic E-state index is 11.6. The molecule has 0 aliphatic carbocycles. The molecule has 4 rings (SSSR count). The van der Waals surface area contributed by atoms with Gasteiger partial charge in [0.25, 0.3) is 0 Å². The van der Waals surface area contributed by atoms with Crippen molar-refractivity contribution < 1.29 is 24.7 Å². The highest BCUT2D eigenvalue weighted by Gasteiger charge is 2.35. The smallest absolute Gasteiger partial charge is 0.161 e. The summed E-state index contributed by atoms with van der Waals surface area (Å²) in [6.07, 6.45) is 0.436. The first-order valence-corrected chi connectivity index (χ1v) is 8.49. The molecule has 26 heavy (non-hydrogen) atoms. The molecule has 3 N–H and O–H groups in total. The van der Waals surface area contributed by atoms with E-state index in [1.54, 1.807) is 14.2 Å². The van der Waals surface area contributed by atoms with E-state index in [0.717, 1.165) is 27.7 Å². The van der Waals surface area contributed by atoms with Crippen LogP contribution in [0.5, 0.6) is 11.5 Å². The van der Waals surface area contributed by atoms with E-state index in [4.69, 9.17) is 9.47 Å². The Balaban J connectivity index is 1.87. The summed E-state index contributed by atoms with van der Waals surface area (Å²) >= 11 is 0. The largest absolute Gasteiger partial charge is 0.544 e. The Hall–Kier alpha value is -2.99. The van der Waals surface area contributed by atoms with Crippen molar-refractivity contribution in [2.75, 3.05) is 14.2 Å². The van der Waals surface area contributed by atoms with E-state index in [2.05, 4.69) is 4.98 Å². The Morgan fingerprint density at radius 3 is 2.65 bits per heavy atom. The quantitative estimate of drug-likeness (QED) is 0.716. The zero-order valence-corrected chi connectivity index (χ0v) is 14.6. The van der Waals surface area contributed by atoms with Crippen molar-refractivity contribution in [2.24, 2.45) is 0 Å². The molecule has 0 saturated heterocycles. The lowest BCUT2D eigenvalue weighted by molar-refractivity contribution is -0.717. The van der Waals surface area contributed by atoms with Gasteiger partial charge in [-0.25, -0.2) is 0 Å². The molecule has 6 nitrogen and oxygen atoms in total. The van der Waals surface area contributed by atoms with E-state index in [1.807, 2.05) is 47.8 Å². The van der Waals surface area contributed by atoms with Crippen LogP contribution in [0, 0.1) is 0 Å². The molecule has 0 fully saturated rings. The SMILES string of the molecule is COc1ccc([C@@H]2[NH2+][C@@H](C(=O)[O-])Cc3c2[nH]c2ccccc32)cc1OC. The molecule has 0 amide bonds. The van der Waals surface area contributed by atoms with Gasteiger partial charge < -0.3 is 29.7 Å². The van der Waals surface area contributed by atoms with Crippen LogP contribution in [-0.2, 0) is 11.2 Å². The topological polar surface area (TPSA) is 91.0 Å². The maximum Gasteiger partial charge on any atom is 0.161 e. The Labute approximate surface area is 150 Å². The van der Waals surface area contributed by atoms with Gasteiger partial charge in [0.1, 0.15) is 6.04 Å². The van der Waals surface area contributed by atoms with Gasteiger partial charge in [-0.3, -0.25) is 0 Å². The number of aliphatic carboxylic acids is 1. The normalized spacial score (nSPS) is 19.2. The number of carboxylic acid groups (broad SMARTS) is 1. The molecule has 0 spiro atoms. The third-order valence-corrected chi connectivity index (χ3v) is 5.08. The zero-order valence-electron chi connectivity index (χ0n) is 14.6. The lowest BCUT2D eigenvalue weighted by atomic mass is 9.90. The molecule has 2 atom stereocenters. The molecule has 1 aliphatic heterocycles. The fourth-order valence-corrected chi connectivity index (χ4v) is 3.81. The van der Waals surface area contributed by atoms with Crippen LogP contribution in [0.25, 0.3) is 10.9 Å². The molecule has 1 aliphatic rings. The molecule has 0 radical (unpaired) electrons. The average Bonchev–Trinajstić information content (AvgIpc) is 3.05. The average molecular weight is 352 g/mol. The highest BCUT2D eigenvalue weighted by atomic mass is 16.5. The molecular formula is C20H20N2O4. The first kappa shape index (κ1) is 16.5. The van der Waals surface area contributed by atoms with Crippen LogP contribution in [0.2, 0.25) is 0 Å². The third kappa shape index (κ3) is 2.59. The monoisotopic (exact) mass is 352 g/mol. The van der Waals surface area contributed by atoms with Crippen molar-refractivity contribution in [3.05, 3.63) is 59.3 Å². The summed E-state index contributed by atoms with van der Waals surface area (Å²) in [4.78, 5) is 15.1. The van der Waals surface area contributed by atoms with Gasteiger partial charge in [-0.15, -0.1) is 0 Å². The molecule has 3 aromatic rings. The number of fused-ring (bicyclic) bond motifs is 3. The number of hydrogen-bond donors (Lipinski definition) is 2. The van der Waals surface area contributed by atoms with Gasteiger partial charge in [-0.1, -0.05) is 18.2 Å². The van der Waals surface area contributed by atoms with Crippen LogP contribution >= 0.6 is 0 Å². The third-order valence-electron chi connectivity index (χ3n) is 5.08. The number of rotatable bonds is 4. The highest BCUT2D eigenvalue weighted by Crippen LogP contribution is 2.35. The van der Waals surface area contributed by atoms with Gasteiger partial charge in [0, 0.05) is 22.9 Å². The predicted molar refractivity (Wildman–Crippen MR) is 94.1 cm³/mol. The number of aromatic nitrogens is 1. The number of methoxy groups -OCH3 is 2. The molecule has 0 unspecified atom stereocenters. The van der Waals surface area contributed by atoms with Crippen molar-refractivity contribution in [1.82, 2.24) is 4.98 Å². The summed E-state index contributed by atoms with van der Waals surface area (Å²) in [5.74, 6) is 0.207. The van der Waals surface area contributed by atoms with Crippen LogP contribution in [0.15, 0.2) is 42.5 Å². The number of carbonyl (C=O) groups is 1. The summed E-state index contributed by atoms with van der Waals surface area (Å²) < 4.78 is 10.7. The van der Waals surface area contributed by atoms with E-state index in [-0.39, 0.29) is 6.04 Å². The van der Waals surface area contributed by atoms with Crippen molar-refractivity contribution in [1.29, 1.82) is 0 Å². The number of carbonyl (C=O) groups excluding carboxylic acids is 1. The van der Waals surface area contributed by atoms with E-state index in [0.29, 0.717) is 17.9 Å². The fraction of sp³-hybridized carbons (Fsp3) is 0.250. The number of quaternary nitrogens is 1. The zero-order chi connectivity index (χ0) is 18.3. The molecular weight excluding hydrogens is 332 g/mol. The number of nitrogens with two attached hydrogens (primary N) is 1. The first-order valence-electron chi connectivity index (χ1n) is 8.49. The minimum atomic E-state index is -1.05. The fourth-order valence-electron chi connectivity index (χ4n) is 3.81. The van der Waals surface area contributed by atoms with E-state index in [9.17, 15) is 9.90 Å².